The van der Waals surface area contributed by atoms with Gasteiger partial charge in [-0.2, -0.15) is 4.39 Å². The Kier molecular flexibility index (Phi) is 9.84. The SMILES string of the molecule is Cc1nc(NNC(=O)[C@@H](CNC(=O)OCc2ccccc2)CC2CCCC2)c(F)c(N2CCN3CCOC[C@@H]3C2)n1. The summed E-state index contributed by atoms with van der Waals surface area (Å²) in [6, 6.07) is 9.58. The molecule has 41 heavy (non-hydrogen) atoms. The van der Waals surface area contributed by atoms with Crippen molar-refractivity contribution in [3.8, 4) is 0 Å². The molecule has 12 heteroatoms. The van der Waals surface area contributed by atoms with Crippen molar-refractivity contribution in [1.82, 2.24) is 25.6 Å². The third-order valence-corrected chi connectivity index (χ3v) is 8.16. The monoisotopic (exact) mass is 569 g/mol. The minimum atomic E-state index is -0.615. The Morgan fingerprint density at radius 2 is 1.95 bits per heavy atom. The zero-order valence-electron chi connectivity index (χ0n) is 23.6. The van der Waals surface area contributed by atoms with Crippen molar-refractivity contribution in [2.75, 3.05) is 56.3 Å². The van der Waals surface area contributed by atoms with Crippen LogP contribution in [0.5, 0.6) is 0 Å². The number of aromatic nitrogens is 2. The largest absolute Gasteiger partial charge is 0.445 e. The maximum atomic E-state index is 15.6. The van der Waals surface area contributed by atoms with Crippen LogP contribution in [0.2, 0.25) is 0 Å². The highest BCUT2D eigenvalue weighted by molar-refractivity contribution is 5.81. The van der Waals surface area contributed by atoms with E-state index >= 15 is 4.39 Å². The van der Waals surface area contributed by atoms with E-state index in [1.807, 2.05) is 35.2 Å². The van der Waals surface area contributed by atoms with Gasteiger partial charge in [0.15, 0.2) is 11.6 Å². The second-order valence-electron chi connectivity index (χ2n) is 11.1. The zero-order chi connectivity index (χ0) is 28.6. The Balaban J connectivity index is 1.19. The number of alkyl carbamates (subject to hydrolysis) is 1. The van der Waals surface area contributed by atoms with Crippen molar-refractivity contribution >= 4 is 23.6 Å². The van der Waals surface area contributed by atoms with E-state index in [1.54, 1.807) is 6.92 Å². The van der Waals surface area contributed by atoms with Crippen LogP contribution in [0.3, 0.4) is 0 Å². The van der Waals surface area contributed by atoms with Gasteiger partial charge >= 0.3 is 6.09 Å². The summed E-state index contributed by atoms with van der Waals surface area (Å²) in [5.41, 5.74) is 6.22. The molecule has 0 spiro atoms. The van der Waals surface area contributed by atoms with Crippen LogP contribution in [-0.2, 0) is 20.9 Å². The highest BCUT2D eigenvalue weighted by atomic mass is 19.1. The zero-order valence-corrected chi connectivity index (χ0v) is 23.6. The molecule has 0 radical (unpaired) electrons. The van der Waals surface area contributed by atoms with Gasteiger partial charge in [0.1, 0.15) is 12.4 Å². The van der Waals surface area contributed by atoms with Crippen LogP contribution in [0.1, 0.15) is 43.5 Å². The summed E-state index contributed by atoms with van der Waals surface area (Å²) in [5.74, 6) is -0.546. The normalized spacial score (nSPS) is 20.2. The summed E-state index contributed by atoms with van der Waals surface area (Å²) in [6.45, 7) is 6.22. The topological polar surface area (TPSA) is 121 Å². The summed E-state index contributed by atoms with van der Waals surface area (Å²) in [4.78, 5) is 38.5. The van der Waals surface area contributed by atoms with E-state index in [9.17, 15) is 9.59 Å². The third-order valence-electron chi connectivity index (χ3n) is 8.16. The molecule has 0 bridgehead atoms. The lowest BCUT2D eigenvalue weighted by molar-refractivity contribution is -0.124. The molecule has 2 saturated heterocycles. The molecule has 3 N–H and O–H groups in total. The first-order valence-corrected chi connectivity index (χ1v) is 14.6. The van der Waals surface area contributed by atoms with Gasteiger partial charge in [0.2, 0.25) is 11.7 Å². The molecular weight excluding hydrogens is 529 g/mol. The fourth-order valence-electron chi connectivity index (χ4n) is 5.91. The Hall–Kier alpha value is -3.51. The number of morpholine rings is 1. The van der Waals surface area contributed by atoms with Gasteiger partial charge in [0, 0.05) is 32.7 Å². The fourth-order valence-corrected chi connectivity index (χ4v) is 5.91. The Bertz CT molecular complexity index is 1180. The Labute approximate surface area is 240 Å². The number of rotatable bonds is 10. The summed E-state index contributed by atoms with van der Waals surface area (Å²) >= 11 is 0. The van der Waals surface area contributed by atoms with Gasteiger partial charge in [-0.05, 0) is 24.8 Å². The lowest BCUT2D eigenvalue weighted by atomic mass is 9.92. The number of halogens is 1. The lowest BCUT2D eigenvalue weighted by Crippen LogP contribution is -2.58. The van der Waals surface area contributed by atoms with E-state index in [-0.39, 0.29) is 36.7 Å². The van der Waals surface area contributed by atoms with Crippen LogP contribution in [0.4, 0.5) is 20.8 Å². The molecule has 11 nitrogen and oxygen atoms in total. The molecule has 2 atom stereocenters. The number of amides is 2. The molecule has 222 valence electrons. The number of fused-ring (bicyclic) bond motifs is 1. The molecular formula is C29H40FN7O4. The van der Waals surface area contributed by atoms with Crippen molar-refractivity contribution in [2.45, 2.75) is 51.7 Å². The minimum absolute atomic E-state index is 0.0852. The van der Waals surface area contributed by atoms with E-state index in [1.165, 1.54) is 0 Å². The van der Waals surface area contributed by atoms with Crippen molar-refractivity contribution in [2.24, 2.45) is 11.8 Å². The number of hydrogen-bond acceptors (Lipinski definition) is 9. The maximum Gasteiger partial charge on any atom is 0.407 e. The first-order valence-electron chi connectivity index (χ1n) is 14.6. The number of hydrazine groups is 1. The second-order valence-corrected chi connectivity index (χ2v) is 11.1. The van der Waals surface area contributed by atoms with Crippen molar-refractivity contribution in [3.63, 3.8) is 0 Å². The average Bonchev–Trinajstić information content (AvgIpc) is 3.52. The Morgan fingerprint density at radius 1 is 1.15 bits per heavy atom. The second kappa shape index (κ2) is 13.9. The van der Waals surface area contributed by atoms with Gasteiger partial charge in [-0.15, -0.1) is 0 Å². The maximum absolute atomic E-state index is 15.6. The summed E-state index contributed by atoms with van der Waals surface area (Å²) in [6.07, 6.45) is 4.42. The van der Waals surface area contributed by atoms with Gasteiger partial charge in [0.25, 0.3) is 0 Å². The number of aryl methyl sites for hydroxylation is 1. The number of carbonyl (C=O) groups excluding carboxylic acids is 2. The summed E-state index contributed by atoms with van der Waals surface area (Å²) in [5, 5.41) is 2.73. The van der Waals surface area contributed by atoms with Gasteiger partial charge in [0.05, 0.1) is 25.2 Å². The van der Waals surface area contributed by atoms with E-state index in [0.29, 0.717) is 37.9 Å². The molecule has 2 aliphatic heterocycles. The van der Waals surface area contributed by atoms with Gasteiger partial charge < -0.3 is 19.7 Å². The van der Waals surface area contributed by atoms with E-state index < -0.39 is 17.8 Å². The molecule has 1 aromatic heterocycles. The van der Waals surface area contributed by atoms with Crippen LogP contribution in [0.25, 0.3) is 0 Å². The van der Waals surface area contributed by atoms with Crippen LogP contribution in [0, 0.1) is 24.6 Å². The number of hydrogen-bond donors (Lipinski definition) is 3. The number of piperazine rings is 1. The predicted octanol–water partition coefficient (Wildman–Crippen LogP) is 3.01. The Morgan fingerprint density at radius 3 is 2.76 bits per heavy atom. The molecule has 3 fully saturated rings. The van der Waals surface area contributed by atoms with Crippen molar-refractivity contribution in [3.05, 3.63) is 47.5 Å². The minimum Gasteiger partial charge on any atom is -0.445 e. The summed E-state index contributed by atoms with van der Waals surface area (Å²) in [7, 11) is 0. The average molecular weight is 570 g/mol. The molecule has 1 aliphatic carbocycles. The van der Waals surface area contributed by atoms with E-state index in [2.05, 4.69) is 31.0 Å². The molecule has 1 aromatic carbocycles. The standard InChI is InChI=1S/C29H40FN7O4/c1-20-32-26(25(30)27(33-20)37-12-11-36-13-14-40-19-24(36)17-37)34-35-28(38)23(15-21-7-5-6-8-21)16-31-29(39)41-18-22-9-3-2-4-10-22/h2-4,9-10,21,23-24H,5-8,11-19H2,1H3,(H,31,39)(H,35,38)(H,32,33,34)/t23-,24+/m1/s1. The highest BCUT2D eigenvalue weighted by Crippen LogP contribution is 2.30. The van der Waals surface area contributed by atoms with Crippen LogP contribution < -0.4 is 21.1 Å². The molecule has 0 unspecified atom stereocenters. The molecule has 5 rings (SSSR count). The number of anilines is 2. The van der Waals surface area contributed by atoms with Crippen molar-refractivity contribution < 1.29 is 23.5 Å². The van der Waals surface area contributed by atoms with Crippen LogP contribution in [0.15, 0.2) is 30.3 Å². The quantitative estimate of drug-likeness (QED) is 0.371. The first-order chi connectivity index (χ1) is 20.0. The van der Waals surface area contributed by atoms with Crippen LogP contribution >= 0.6 is 0 Å². The molecule has 1 saturated carbocycles. The smallest absolute Gasteiger partial charge is 0.407 e. The number of nitrogens with one attached hydrogen (secondary N) is 3. The van der Waals surface area contributed by atoms with Gasteiger partial charge in [-0.25, -0.2) is 14.8 Å². The number of benzene rings is 1. The molecule has 3 aliphatic rings. The van der Waals surface area contributed by atoms with Crippen molar-refractivity contribution in [1.29, 1.82) is 0 Å². The van der Waals surface area contributed by atoms with Gasteiger partial charge in [-0.3, -0.25) is 20.5 Å². The van der Waals surface area contributed by atoms with Gasteiger partial charge in [-0.1, -0.05) is 56.0 Å². The summed E-state index contributed by atoms with van der Waals surface area (Å²) < 4.78 is 26.5. The highest BCUT2D eigenvalue weighted by Gasteiger charge is 2.32. The molecule has 3 heterocycles. The van der Waals surface area contributed by atoms with E-state index in [0.717, 1.165) is 50.9 Å². The first kappa shape index (κ1) is 29.0. The fraction of sp³-hybridized carbons (Fsp3) is 0.586. The number of ether oxygens (including phenoxy) is 2. The number of carbonyl (C=O) groups is 2. The number of nitrogens with zero attached hydrogens (tertiary/aromatic N) is 4. The van der Waals surface area contributed by atoms with E-state index in [4.69, 9.17) is 9.47 Å². The molecule has 2 aromatic rings. The predicted molar refractivity (Wildman–Crippen MR) is 152 cm³/mol. The molecule has 2 amide bonds. The lowest BCUT2D eigenvalue weighted by Gasteiger charge is -2.44. The van der Waals surface area contributed by atoms with Crippen LogP contribution in [-0.4, -0.2) is 78.8 Å². The third kappa shape index (κ3) is 7.82.